The number of nitrogens with zero attached hydrogens (tertiary/aromatic N) is 1. The molecule has 2 fully saturated rings. The highest BCUT2D eigenvalue weighted by atomic mass is 16.4. The van der Waals surface area contributed by atoms with Gasteiger partial charge in [-0.1, -0.05) is 19.8 Å². The summed E-state index contributed by atoms with van der Waals surface area (Å²) in [6.07, 6.45) is 3.14. The summed E-state index contributed by atoms with van der Waals surface area (Å²) in [5.74, 6) is -1.18. The number of urea groups is 1. The zero-order valence-electron chi connectivity index (χ0n) is 9.73. The average molecular weight is 240 g/mol. The molecule has 2 rings (SSSR count). The lowest BCUT2D eigenvalue weighted by Gasteiger charge is -2.34. The fourth-order valence-electron chi connectivity index (χ4n) is 2.81. The summed E-state index contributed by atoms with van der Waals surface area (Å²) in [5, 5.41) is 11.4. The molecule has 94 valence electrons. The number of carbonyl (C=O) groups excluding carboxylic acids is 2. The maximum atomic E-state index is 12.2. The molecule has 6 nitrogen and oxygen atoms in total. The SMILES string of the molecule is CC1CCCC2(C1)NC(=O)N(CC(=O)O)C2=O. The van der Waals surface area contributed by atoms with Gasteiger partial charge >= 0.3 is 12.0 Å². The summed E-state index contributed by atoms with van der Waals surface area (Å²) in [7, 11) is 0. The first-order valence-electron chi connectivity index (χ1n) is 5.80. The molecule has 17 heavy (non-hydrogen) atoms. The van der Waals surface area contributed by atoms with Crippen LogP contribution in [0.2, 0.25) is 0 Å². The van der Waals surface area contributed by atoms with Gasteiger partial charge in [-0.3, -0.25) is 14.5 Å². The van der Waals surface area contributed by atoms with Crippen LogP contribution in [0.25, 0.3) is 0 Å². The van der Waals surface area contributed by atoms with E-state index in [2.05, 4.69) is 5.32 Å². The van der Waals surface area contributed by atoms with Crippen molar-refractivity contribution in [3.8, 4) is 0 Å². The van der Waals surface area contributed by atoms with Crippen molar-refractivity contribution < 1.29 is 19.5 Å². The molecule has 0 aromatic carbocycles. The lowest BCUT2D eigenvalue weighted by atomic mass is 9.76. The van der Waals surface area contributed by atoms with Gasteiger partial charge in [0.15, 0.2) is 0 Å². The third-order valence-electron chi connectivity index (χ3n) is 3.54. The van der Waals surface area contributed by atoms with Gasteiger partial charge in [-0.05, 0) is 18.8 Å². The molecular weight excluding hydrogens is 224 g/mol. The van der Waals surface area contributed by atoms with Crippen LogP contribution in [0.3, 0.4) is 0 Å². The minimum atomic E-state index is -1.17. The van der Waals surface area contributed by atoms with E-state index in [1.807, 2.05) is 6.92 Å². The maximum Gasteiger partial charge on any atom is 0.325 e. The van der Waals surface area contributed by atoms with Crippen LogP contribution in [-0.2, 0) is 9.59 Å². The van der Waals surface area contributed by atoms with Crippen molar-refractivity contribution in [3.63, 3.8) is 0 Å². The van der Waals surface area contributed by atoms with Crippen LogP contribution >= 0.6 is 0 Å². The van der Waals surface area contributed by atoms with E-state index in [9.17, 15) is 14.4 Å². The molecule has 2 unspecified atom stereocenters. The Morgan fingerprint density at radius 2 is 2.29 bits per heavy atom. The number of carbonyl (C=O) groups is 3. The minimum absolute atomic E-state index is 0.373. The Morgan fingerprint density at radius 3 is 2.88 bits per heavy atom. The summed E-state index contributed by atoms with van der Waals surface area (Å²) in [5.41, 5.74) is -0.843. The van der Waals surface area contributed by atoms with Crippen LogP contribution in [0.5, 0.6) is 0 Å². The molecule has 0 aromatic rings. The molecule has 2 aliphatic rings. The van der Waals surface area contributed by atoms with Crippen molar-refractivity contribution in [3.05, 3.63) is 0 Å². The van der Waals surface area contributed by atoms with Crippen molar-refractivity contribution in [2.45, 2.75) is 38.1 Å². The highest BCUT2D eigenvalue weighted by Crippen LogP contribution is 2.36. The molecular formula is C11H16N2O4. The van der Waals surface area contributed by atoms with E-state index in [0.29, 0.717) is 18.8 Å². The second-order valence-corrected chi connectivity index (χ2v) is 5.00. The number of hydrogen-bond donors (Lipinski definition) is 2. The Balaban J connectivity index is 2.19. The quantitative estimate of drug-likeness (QED) is 0.691. The number of nitrogens with one attached hydrogen (secondary N) is 1. The van der Waals surface area contributed by atoms with Crippen molar-refractivity contribution >= 4 is 17.9 Å². The van der Waals surface area contributed by atoms with Crippen molar-refractivity contribution in [1.29, 1.82) is 0 Å². The van der Waals surface area contributed by atoms with E-state index in [1.54, 1.807) is 0 Å². The van der Waals surface area contributed by atoms with Gasteiger partial charge in [-0.15, -0.1) is 0 Å². The van der Waals surface area contributed by atoms with Gasteiger partial charge in [0.1, 0.15) is 12.1 Å². The molecule has 2 atom stereocenters. The van der Waals surface area contributed by atoms with Crippen LogP contribution < -0.4 is 5.32 Å². The molecule has 1 spiro atoms. The number of carboxylic acid groups (broad SMARTS) is 1. The topological polar surface area (TPSA) is 86.7 Å². The highest BCUT2D eigenvalue weighted by molar-refractivity contribution is 6.08. The van der Waals surface area contributed by atoms with Gasteiger partial charge in [0.2, 0.25) is 0 Å². The van der Waals surface area contributed by atoms with Gasteiger partial charge in [0.25, 0.3) is 5.91 Å². The normalized spacial score (nSPS) is 33.0. The lowest BCUT2D eigenvalue weighted by molar-refractivity contribution is -0.143. The second kappa shape index (κ2) is 4.01. The predicted molar refractivity (Wildman–Crippen MR) is 58.2 cm³/mol. The third-order valence-corrected chi connectivity index (χ3v) is 3.54. The molecule has 1 aliphatic carbocycles. The molecule has 1 aliphatic heterocycles. The zero-order chi connectivity index (χ0) is 12.6. The van der Waals surface area contributed by atoms with E-state index >= 15 is 0 Å². The Hall–Kier alpha value is -1.59. The summed E-state index contributed by atoms with van der Waals surface area (Å²) in [4.78, 5) is 35.2. The third kappa shape index (κ3) is 1.99. The molecule has 1 saturated carbocycles. The number of amides is 3. The number of hydrogen-bond acceptors (Lipinski definition) is 3. The Labute approximate surface area is 99.0 Å². The predicted octanol–water partition coefficient (Wildman–Crippen LogP) is 0.572. The van der Waals surface area contributed by atoms with Crippen LogP contribution in [0.15, 0.2) is 0 Å². The standard InChI is InChI=1S/C11H16N2O4/c1-7-3-2-4-11(5-7)9(16)13(6-8(14)15)10(17)12-11/h7H,2-6H2,1H3,(H,12,17)(H,14,15). The second-order valence-electron chi connectivity index (χ2n) is 5.00. The fraction of sp³-hybridized carbons (Fsp3) is 0.727. The van der Waals surface area contributed by atoms with Gasteiger partial charge < -0.3 is 10.4 Å². The molecule has 3 amide bonds. The molecule has 0 aromatic heterocycles. The van der Waals surface area contributed by atoms with Gasteiger partial charge in [0.05, 0.1) is 0 Å². The van der Waals surface area contributed by atoms with Crippen LogP contribution in [-0.4, -0.2) is 40.0 Å². The summed E-state index contributed by atoms with van der Waals surface area (Å²) in [6.45, 7) is 1.49. The van der Waals surface area contributed by atoms with Gasteiger partial charge in [0, 0.05) is 0 Å². The zero-order valence-corrected chi connectivity index (χ0v) is 9.73. The maximum absolute atomic E-state index is 12.2. The van der Waals surface area contributed by atoms with Crippen molar-refractivity contribution in [1.82, 2.24) is 10.2 Å². The van der Waals surface area contributed by atoms with E-state index in [4.69, 9.17) is 5.11 Å². The summed E-state index contributed by atoms with van der Waals surface area (Å²) in [6, 6.07) is -0.577. The van der Waals surface area contributed by atoms with Gasteiger partial charge in [-0.25, -0.2) is 4.79 Å². The average Bonchev–Trinajstić information content (AvgIpc) is 2.42. The number of carboxylic acids is 1. The monoisotopic (exact) mass is 240 g/mol. The smallest absolute Gasteiger partial charge is 0.325 e. The van der Waals surface area contributed by atoms with Crippen LogP contribution in [0.1, 0.15) is 32.6 Å². The largest absolute Gasteiger partial charge is 0.480 e. The first-order valence-corrected chi connectivity index (χ1v) is 5.80. The van der Waals surface area contributed by atoms with Crippen molar-refractivity contribution in [2.75, 3.05) is 6.54 Å². The van der Waals surface area contributed by atoms with E-state index < -0.39 is 24.1 Å². The Morgan fingerprint density at radius 1 is 1.59 bits per heavy atom. The Bertz CT molecular complexity index is 382. The van der Waals surface area contributed by atoms with E-state index in [0.717, 1.165) is 17.7 Å². The number of imide groups is 1. The first kappa shape index (κ1) is 11.9. The first-order chi connectivity index (χ1) is 7.94. The summed E-state index contributed by atoms with van der Waals surface area (Å²) < 4.78 is 0. The fourth-order valence-corrected chi connectivity index (χ4v) is 2.81. The highest BCUT2D eigenvalue weighted by Gasteiger charge is 2.52. The molecule has 6 heteroatoms. The van der Waals surface area contributed by atoms with Crippen LogP contribution in [0, 0.1) is 5.92 Å². The van der Waals surface area contributed by atoms with Crippen LogP contribution in [0.4, 0.5) is 4.79 Å². The van der Waals surface area contributed by atoms with Gasteiger partial charge in [-0.2, -0.15) is 0 Å². The minimum Gasteiger partial charge on any atom is -0.480 e. The lowest BCUT2D eigenvalue weighted by Crippen LogP contribution is -2.50. The molecule has 0 radical (unpaired) electrons. The Kier molecular flexibility index (Phi) is 2.81. The molecule has 1 heterocycles. The summed E-state index contributed by atoms with van der Waals surface area (Å²) >= 11 is 0. The van der Waals surface area contributed by atoms with E-state index in [-0.39, 0.29) is 5.91 Å². The molecule has 0 bridgehead atoms. The van der Waals surface area contributed by atoms with Crippen molar-refractivity contribution in [2.24, 2.45) is 5.92 Å². The molecule has 2 N–H and O–H groups in total. The van der Waals surface area contributed by atoms with E-state index in [1.165, 1.54) is 0 Å². The molecule has 1 saturated heterocycles. The number of aliphatic carboxylic acids is 1. The number of rotatable bonds is 2.